The van der Waals surface area contributed by atoms with Crippen molar-refractivity contribution >= 4 is 27.1 Å². The van der Waals surface area contributed by atoms with Crippen LogP contribution in [0.4, 0.5) is 11.4 Å². The van der Waals surface area contributed by atoms with E-state index in [9.17, 15) is 18.5 Å². The van der Waals surface area contributed by atoms with Crippen molar-refractivity contribution in [3.63, 3.8) is 0 Å². The van der Waals surface area contributed by atoms with Crippen LogP contribution in [0, 0.1) is 10.1 Å². The first kappa shape index (κ1) is 17.6. The molecule has 3 rings (SSSR count). The molecule has 1 aliphatic heterocycles. The third-order valence-corrected chi connectivity index (χ3v) is 4.54. The molecular formula is C15H14N4O6S. The molecule has 10 nitrogen and oxygen atoms in total. The molecule has 2 aromatic carbocycles. The number of hydrazone groups is 1. The molecule has 0 aliphatic carbocycles. The molecule has 0 fully saturated rings. The van der Waals surface area contributed by atoms with Crippen LogP contribution in [0.5, 0.6) is 11.5 Å². The summed E-state index contributed by atoms with van der Waals surface area (Å²) in [5, 5.41) is 20.3. The maximum atomic E-state index is 11.3. The molecule has 11 heteroatoms. The highest BCUT2D eigenvalue weighted by Gasteiger charge is 2.19. The summed E-state index contributed by atoms with van der Waals surface area (Å²) in [6, 6.07) is 8.52. The highest BCUT2D eigenvalue weighted by molar-refractivity contribution is 7.89. The average molecular weight is 378 g/mol. The molecule has 1 heterocycles. The van der Waals surface area contributed by atoms with Crippen LogP contribution in [0.25, 0.3) is 0 Å². The van der Waals surface area contributed by atoms with Gasteiger partial charge in [0, 0.05) is 11.6 Å². The zero-order valence-corrected chi connectivity index (χ0v) is 14.3. The second kappa shape index (κ2) is 6.61. The van der Waals surface area contributed by atoms with Gasteiger partial charge in [-0.1, -0.05) is 0 Å². The molecule has 26 heavy (non-hydrogen) atoms. The van der Waals surface area contributed by atoms with Crippen LogP contribution in [0.3, 0.4) is 0 Å². The van der Waals surface area contributed by atoms with Gasteiger partial charge in [-0.15, -0.1) is 0 Å². The maximum Gasteiger partial charge on any atom is 0.295 e. The monoisotopic (exact) mass is 378 g/mol. The fourth-order valence-corrected chi connectivity index (χ4v) is 2.80. The average Bonchev–Trinajstić information content (AvgIpc) is 3.06. The maximum absolute atomic E-state index is 11.3. The Labute approximate surface area is 148 Å². The van der Waals surface area contributed by atoms with Crippen molar-refractivity contribution in [3.05, 3.63) is 52.1 Å². The quantitative estimate of drug-likeness (QED) is 0.458. The molecule has 0 radical (unpaired) electrons. The van der Waals surface area contributed by atoms with Crippen LogP contribution in [0.1, 0.15) is 12.5 Å². The number of nitro benzene ring substituents is 1. The number of primary sulfonamides is 1. The van der Waals surface area contributed by atoms with E-state index in [2.05, 4.69) is 10.5 Å². The Morgan fingerprint density at radius 1 is 1.23 bits per heavy atom. The smallest absolute Gasteiger partial charge is 0.295 e. The first-order valence-electron chi connectivity index (χ1n) is 7.27. The summed E-state index contributed by atoms with van der Waals surface area (Å²) in [6.07, 6.45) is 0. The molecule has 2 aromatic rings. The van der Waals surface area contributed by atoms with Crippen LogP contribution in [0.2, 0.25) is 0 Å². The molecule has 0 aromatic heterocycles. The Bertz CT molecular complexity index is 1020. The topological polar surface area (TPSA) is 146 Å². The summed E-state index contributed by atoms with van der Waals surface area (Å²) < 4.78 is 33.2. The lowest BCUT2D eigenvalue weighted by atomic mass is 10.1. The molecule has 3 N–H and O–H groups in total. The fourth-order valence-electron chi connectivity index (χ4n) is 2.26. The summed E-state index contributed by atoms with van der Waals surface area (Å²) in [5.74, 6) is 1.21. The number of nitrogens with one attached hydrogen (secondary N) is 1. The molecule has 0 bridgehead atoms. The minimum Gasteiger partial charge on any atom is -0.454 e. The van der Waals surface area contributed by atoms with Crippen LogP contribution < -0.4 is 20.0 Å². The number of fused-ring (bicyclic) bond motifs is 1. The van der Waals surface area contributed by atoms with Crippen LogP contribution >= 0.6 is 0 Å². The second-order valence-corrected chi connectivity index (χ2v) is 6.92. The van der Waals surface area contributed by atoms with Crippen molar-refractivity contribution in [2.75, 3.05) is 12.2 Å². The number of nitrogens with two attached hydrogens (primary N) is 1. The van der Waals surface area contributed by atoms with Gasteiger partial charge in [0.15, 0.2) is 11.5 Å². The Balaban J connectivity index is 1.88. The van der Waals surface area contributed by atoms with E-state index in [0.717, 1.165) is 17.7 Å². The number of anilines is 1. The van der Waals surface area contributed by atoms with E-state index in [1.165, 1.54) is 6.07 Å². The molecule has 0 spiro atoms. The van der Waals surface area contributed by atoms with Crippen molar-refractivity contribution in [1.29, 1.82) is 0 Å². The predicted octanol–water partition coefficient (Wildman–Crippen LogP) is 1.81. The van der Waals surface area contributed by atoms with E-state index in [1.54, 1.807) is 25.1 Å². The standard InChI is InChI=1S/C15H14N4O6S/c1-9(10-2-5-14-15(6-10)25-8-24-14)17-18-12-4-3-11(26(16,22)23)7-13(12)19(20)21/h2-7,18H,8H2,1H3,(H2,16,22,23)/b17-9+. The van der Waals surface area contributed by atoms with Crippen LogP contribution in [-0.4, -0.2) is 25.8 Å². The van der Waals surface area contributed by atoms with E-state index in [4.69, 9.17) is 14.6 Å². The highest BCUT2D eigenvalue weighted by Crippen LogP contribution is 2.33. The van der Waals surface area contributed by atoms with Gasteiger partial charge in [0.1, 0.15) is 5.69 Å². The number of benzene rings is 2. The van der Waals surface area contributed by atoms with E-state index in [1.807, 2.05) is 0 Å². The van der Waals surface area contributed by atoms with Crippen molar-refractivity contribution in [1.82, 2.24) is 0 Å². The van der Waals surface area contributed by atoms with E-state index >= 15 is 0 Å². The third-order valence-electron chi connectivity index (χ3n) is 3.63. The molecule has 0 unspecified atom stereocenters. The van der Waals surface area contributed by atoms with Crippen molar-refractivity contribution in [2.24, 2.45) is 10.2 Å². The van der Waals surface area contributed by atoms with Gasteiger partial charge in [0.25, 0.3) is 5.69 Å². The van der Waals surface area contributed by atoms with Gasteiger partial charge >= 0.3 is 0 Å². The number of sulfonamides is 1. The zero-order chi connectivity index (χ0) is 18.9. The first-order valence-corrected chi connectivity index (χ1v) is 8.82. The molecule has 0 amide bonds. The number of rotatable bonds is 5. The van der Waals surface area contributed by atoms with Gasteiger partial charge in [0.05, 0.1) is 15.5 Å². The Hall–Kier alpha value is -3.18. The fraction of sp³-hybridized carbons (Fsp3) is 0.133. The molecule has 0 atom stereocenters. The molecule has 0 saturated heterocycles. The lowest BCUT2D eigenvalue weighted by Gasteiger charge is -2.06. The molecule has 136 valence electrons. The summed E-state index contributed by atoms with van der Waals surface area (Å²) >= 11 is 0. The lowest BCUT2D eigenvalue weighted by Crippen LogP contribution is -2.12. The Morgan fingerprint density at radius 2 is 1.96 bits per heavy atom. The van der Waals surface area contributed by atoms with Crippen molar-refractivity contribution in [2.45, 2.75) is 11.8 Å². The third kappa shape index (κ3) is 3.58. The number of nitrogens with zero attached hydrogens (tertiary/aromatic N) is 2. The SMILES string of the molecule is C/C(=N\Nc1ccc(S(N)(=O)=O)cc1[N+](=O)[O-])c1ccc2c(c1)OCO2. The number of hydrogen-bond donors (Lipinski definition) is 2. The van der Waals surface area contributed by atoms with Gasteiger partial charge in [-0.05, 0) is 37.3 Å². The molecule has 0 saturated carbocycles. The van der Waals surface area contributed by atoms with Gasteiger partial charge in [-0.25, -0.2) is 13.6 Å². The van der Waals surface area contributed by atoms with Crippen molar-refractivity contribution in [3.8, 4) is 11.5 Å². The Kier molecular flexibility index (Phi) is 4.49. The minimum absolute atomic E-state index is 0.0301. The van der Waals surface area contributed by atoms with Gasteiger partial charge < -0.3 is 9.47 Å². The summed E-state index contributed by atoms with van der Waals surface area (Å²) in [7, 11) is -4.05. The van der Waals surface area contributed by atoms with Gasteiger partial charge in [-0.2, -0.15) is 5.10 Å². The molecule has 1 aliphatic rings. The first-order chi connectivity index (χ1) is 12.3. The Morgan fingerprint density at radius 3 is 2.65 bits per heavy atom. The summed E-state index contributed by atoms with van der Waals surface area (Å²) in [6.45, 7) is 1.85. The van der Waals surface area contributed by atoms with E-state index in [-0.39, 0.29) is 17.4 Å². The number of hydrogen-bond acceptors (Lipinski definition) is 8. The minimum atomic E-state index is -4.05. The normalized spacial score (nSPS) is 13.5. The lowest BCUT2D eigenvalue weighted by molar-refractivity contribution is -0.384. The second-order valence-electron chi connectivity index (χ2n) is 5.36. The summed E-state index contributed by atoms with van der Waals surface area (Å²) in [4.78, 5) is 10.1. The van der Waals surface area contributed by atoms with E-state index in [0.29, 0.717) is 17.2 Å². The zero-order valence-electron chi connectivity index (χ0n) is 13.5. The predicted molar refractivity (Wildman–Crippen MR) is 92.9 cm³/mol. The van der Waals surface area contributed by atoms with Crippen molar-refractivity contribution < 1.29 is 22.8 Å². The van der Waals surface area contributed by atoms with Gasteiger partial charge in [-0.3, -0.25) is 15.5 Å². The number of ether oxygens (including phenoxy) is 2. The number of nitro groups is 1. The largest absolute Gasteiger partial charge is 0.454 e. The van der Waals surface area contributed by atoms with E-state index < -0.39 is 20.6 Å². The van der Waals surface area contributed by atoms with Crippen LogP contribution in [0.15, 0.2) is 46.4 Å². The van der Waals surface area contributed by atoms with Crippen LogP contribution in [-0.2, 0) is 10.0 Å². The highest BCUT2D eigenvalue weighted by atomic mass is 32.2. The van der Waals surface area contributed by atoms with Gasteiger partial charge in [0.2, 0.25) is 16.8 Å². The summed E-state index contributed by atoms with van der Waals surface area (Å²) in [5.41, 5.74) is 3.41. The molecular weight excluding hydrogens is 364 g/mol.